The molecule has 0 saturated heterocycles. The molecular weight excluding hydrogens is 302 g/mol. The molecule has 0 radical (unpaired) electrons. The lowest BCUT2D eigenvalue weighted by molar-refractivity contribution is 0.0953. The summed E-state index contributed by atoms with van der Waals surface area (Å²) in [6.07, 6.45) is 4.22. The zero-order valence-electron chi connectivity index (χ0n) is 12.7. The van der Waals surface area contributed by atoms with E-state index in [9.17, 15) is 4.79 Å². The quantitative estimate of drug-likeness (QED) is 0.722. The Balaban J connectivity index is 0.00000242. The summed E-state index contributed by atoms with van der Waals surface area (Å²) in [4.78, 5) is 16.2. The van der Waals surface area contributed by atoms with Gasteiger partial charge in [-0.05, 0) is 24.6 Å². The fourth-order valence-electron chi connectivity index (χ4n) is 2.03. The van der Waals surface area contributed by atoms with Crippen molar-refractivity contribution >= 4 is 18.3 Å². The third-order valence-corrected chi connectivity index (χ3v) is 3.08. The van der Waals surface area contributed by atoms with Crippen molar-refractivity contribution in [1.29, 1.82) is 0 Å². The van der Waals surface area contributed by atoms with Gasteiger partial charge in [-0.1, -0.05) is 25.1 Å². The molecule has 1 aromatic heterocycles. The van der Waals surface area contributed by atoms with Crippen molar-refractivity contribution in [2.24, 2.45) is 0 Å². The van der Waals surface area contributed by atoms with Crippen molar-refractivity contribution in [3.63, 3.8) is 0 Å². The van der Waals surface area contributed by atoms with E-state index >= 15 is 0 Å². The van der Waals surface area contributed by atoms with Gasteiger partial charge in [-0.3, -0.25) is 4.79 Å². The van der Waals surface area contributed by atoms with Crippen molar-refractivity contribution in [3.8, 4) is 0 Å². The number of nitrogens with one attached hydrogen (secondary N) is 2. The van der Waals surface area contributed by atoms with Gasteiger partial charge in [-0.15, -0.1) is 12.4 Å². The molecule has 0 bridgehead atoms. The van der Waals surface area contributed by atoms with Crippen LogP contribution in [0.5, 0.6) is 0 Å². The van der Waals surface area contributed by atoms with E-state index in [1.807, 2.05) is 24.3 Å². The summed E-state index contributed by atoms with van der Waals surface area (Å²) in [5.41, 5.74) is 1.62. The van der Waals surface area contributed by atoms with Crippen LogP contribution in [0.1, 0.15) is 29.3 Å². The minimum Gasteiger partial charge on any atom is -0.351 e. The number of rotatable bonds is 8. The fraction of sp³-hybridized carbons (Fsp3) is 0.400. The number of hydrogen-bond donors (Lipinski definition) is 2. The molecule has 0 atom stereocenters. The minimum atomic E-state index is -0.0518. The summed E-state index contributed by atoms with van der Waals surface area (Å²) in [5.74, 6) is -0.0518. The monoisotopic (exact) mass is 323 g/mol. The number of amides is 1. The molecule has 2 rings (SSSR count). The molecule has 0 unspecified atom stereocenters. The molecule has 22 heavy (non-hydrogen) atoms. The number of benzene rings is 1. The zero-order chi connectivity index (χ0) is 14.9. The average Bonchev–Trinajstić information content (AvgIpc) is 3.00. The van der Waals surface area contributed by atoms with Crippen LogP contribution in [0.4, 0.5) is 0 Å². The Labute approximate surface area is 136 Å². The molecule has 0 aliphatic heterocycles. The standard InChI is InChI=1S/C15H21N5O.ClH/c1-2-7-16-8-9-18-15(21)14-6-4-3-5-13(14)10-20-12-17-11-19-20;/h3-6,11-12,16H,2,7-10H2,1H3,(H,18,21);1H. The van der Waals surface area contributed by atoms with Crippen LogP contribution >= 0.6 is 12.4 Å². The van der Waals surface area contributed by atoms with Gasteiger partial charge in [0.25, 0.3) is 5.91 Å². The van der Waals surface area contributed by atoms with Crippen LogP contribution in [-0.4, -0.2) is 40.3 Å². The highest BCUT2D eigenvalue weighted by atomic mass is 35.5. The van der Waals surface area contributed by atoms with E-state index < -0.39 is 0 Å². The number of aromatic nitrogens is 3. The maximum atomic E-state index is 12.2. The second-order valence-electron chi connectivity index (χ2n) is 4.76. The summed E-state index contributed by atoms with van der Waals surface area (Å²) < 4.78 is 1.70. The Bertz CT molecular complexity index is 559. The van der Waals surface area contributed by atoms with Crippen molar-refractivity contribution in [1.82, 2.24) is 25.4 Å². The molecular formula is C15H22ClN5O. The predicted molar refractivity (Wildman–Crippen MR) is 88.3 cm³/mol. The Morgan fingerprint density at radius 1 is 1.23 bits per heavy atom. The van der Waals surface area contributed by atoms with Crippen LogP contribution in [0.25, 0.3) is 0 Å². The first kappa shape index (κ1) is 18.1. The fourth-order valence-corrected chi connectivity index (χ4v) is 2.03. The molecule has 7 heteroatoms. The van der Waals surface area contributed by atoms with Gasteiger partial charge in [-0.2, -0.15) is 5.10 Å². The van der Waals surface area contributed by atoms with E-state index in [4.69, 9.17) is 0 Å². The Hall–Kier alpha value is -1.92. The smallest absolute Gasteiger partial charge is 0.251 e. The molecule has 1 heterocycles. The van der Waals surface area contributed by atoms with Gasteiger partial charge in [0.05, 0.1) is 6.54 Å². The van der Waals surface area contributed by atoms with E-state index in [-0.39, 0.29) is 18.3 Å². The van der Waals surface area contributed by atoms with E-state index in [2.05, 4.69) is 27.6 Å². The number of carbonyl (C=O) groups is 1. The van der Waals surface area contributed by atoms with Crippen LogP contribution in [-0.2, 0) is 6.54 Å². The molecule has 0 aliphatic carbocycles. The second kappa shape index (κ2) is 9.92. The maximum absolute atomic E-state index is 12.2. The molecule has 0 aliphatic rings. The summed E-state index contributed by atoms with van der Waals surface area (Å²) in [6.45, 7) is 5.03. The molecule has 0 spiro atoms. The molecule has 2 aromatic rings. The number of hydrogen-bond acceptors (Lipinski definition) is 4. The van der Waals surface area contributed by atoms with Gasteiger partial charge in [0.15, 0.2) is 0 Å². The topological polar surface area (TPSA) is 71.8 Å². The lowest BCUT2D eigenvalue weighted by Gasteiger charge is -2.10. The van der Waals surface area contributed by atoms with Crippen molar-refractivity contribution < 1.29 is 4.79 Å². The van der Waals surface area contributed by atoms with Gasteiger partial charge in [-0.25, -0.2) is 9.67 Å². The molecule has 120 valence electrons. The highest BCUT2D eigenvalue weighted by Gasteiger charge is 2.10. The second-order valence-corrected chi connectivity index (χ2v) is 4.76. The first-order valence-electron chi connectivity index (χ1n) is 7.20. The Morgan fingerprint density at radius 2 is 2.05 bits per heavy atom. The number of nitrogens with zero attached hydrogens (tertiary/aromatic N) is 3. The highest BCUT2D eigenvalue weighted by molar-refractivity contribution is 5.95. The summed E-state index contributed by atoms with van der Waals surface area (Å²) in [5, 5.41) is 10.3. The molecule has 0 saturated carbocycles. The van der Waals surface area contributed by atoms with Gasteiger partial charge in [0.2, 0.25) is 0 Å². The SMILES string of the molecule is CCCNCCNC(=O)c1ccccc1Cn1cncn1.Cl. The molecule has 6 nitrogen and oxygen atoms in total. The van der Waals surface area contributed by atoms with Crippen molar-refractivity contribution in [3.05, 3.63) is 48.0 Å². The van der Waals surface area contributed by atoms with Crippen molar-refractivity contribution in [2.75, 3.05) is 19.6 Å². The highest BCUT2D eigenvalue weighted by Crippen LogP contribution is 2.10. The van der Waals surface area contributed by atoms with Crippen molar-refractivity contribution in [2.45, 2.75) is 19.9 Å². The molecule has 0 fully saturated rings. The molecule has 1 aromatic carbocycles. The van der Waals surface area contributed by atoms with Crippen LogP contribution < -0.4 is 10.6 Å². The third kappa shape index (κ3) is 5.46. The van der Waals surface area contributed by atoms with E-state index in [0.717, 1.165) is 25.1 Å². The van der Waals surface area contributed by atoms with Crippen LogP contribution in [0.2, 0.25) is 0 Å². The zero-order valence-corrected chi connectivity index (χ0v) is 13.5. The van der Waals surface area contributed by atoms with Crippen LogP contribution in [0.15, 0.2) is 36.9 Å². The van der Waals surface area contributed by atoms with Gasteiger partial charge in [0.1, 0.15) is 12.7 Å². The summed E-state index contributed by atoms with van der Waals surface area (Å²) in [7, 11) is 0. The number of carbonyl (C=O) groups excluding carboxylic acids is 1. The normalized spacial score (nSPS) is 10.0. The van der Waals surface area contributed by atoms with E-state index in [1.165, 1.54) is 6.33 Å². The molecule has 1 amide bonds. The molecule has 2 N–H and O–H groups in total. The predicted octanol–water partition coefficient (Wildman–Crippen LogP) is 1.48. The van der Waals surface area contributed by atoms with Gasteiger partial charge < -0.3 is 10.6 Å². The van der Waals surface area contributed by atoms with Gasteiger partial charge >= 0.3 is 0 Å². The summed E-state index contributed by atoms with van der Waals surface area (Å²) in [6, 6.07) is 7.56. The maximum Gasteiger partial charge on any atom is 0.251 e. The van der Waals surface area contributed by atoms with Crippen LogP contribution in [0, 0.1) is 0 Å². The lowest BCUT2D eigenvalue weighted by atomic mass is 10.1. The first-order chi connectivity index (χ1) is 10.3. The van der Waals surface area contributed by atoms with E-state index in [0.29, 0.717) is 18.7 Å². The minimum absolute atomic E-state index is 0. The summed E-state index contributed by atoms with van der Waals surface area (Å²) >= 11 is 0. The lowest BCUT2D eigenvalue weighted by Crippen LogP contribution is -2.32. The van der Waals surface area contributed by atoms with Crippen LogP contribution in [0.3, 0.4) is 0 Å². The number of halogens is 1. The largest absolute Gasteiger partial charge is 0.351 e. The third-order valence-electron chi connectivity index (χ3n) is 3.08. The average molecular weight is 324 g/mol. The van der Waals surface area contributed by atoms with E-state index in [1.54, 1.807) is 11.0 Å². The first-order valence-corrected chi connectivity index (χ1v) is 7.20. The Morgan fingerprint density at radius 3 is 2.77 bits per heavy atom. The van der Waals surface area contributed by atoms with Gasteiger partial charge in [0, 0.05) is 18.7 Å². The Kier molecular flexibility index (Phi) is 8.17.